The predicted octanol–water partition coefficient (Wildman–Crippen LogP) is 5.18. The van der Waals surface area contributed by atoms with Gasteiger partial charge >= 0.3 is 11.3 Å². The largest absolute Gasteiger partial charge is 0.444 e. The molecule has 6 nitrogen and oxygen atoms in total. The average molecular weight is 457 g/mol. The summed E-state index contributed by atoms with van der Waals surface area (Å²) >= 11 is 1.84. The number of rotatable bonds is 0. The number of aromatic nitrogens is 4. The third kappa shape index (κ3) is 1.44. The van der Waals surface area contributed by atoms with Gasteiger partial charge in [-0.2, -0.15) is 0 Å². The standard InChI is InChI=1S/C27H14N5OS/c1-2-12-29-18(7-1)16-6-3-8-19-25(16)32(29)26-20(33-19)10-11-22-24(26)31-23-15(5-4-9-21(23)34-22)17-13-28-14-30(32)27(17)31/h1-14H/q+3. The molecule has 7 heteroatoms. The fourth-order valence-corrected chi connectivity index (χ4v) is 7.65. The molecule has 4 aliphatic heterocycles. The van der Waals surface area contributed by atoms with Gasteiger partial charge in [-0.15, -0.1) is 4.98 Å². The zero-order valence-corrected chi connectivity index (χ0v) is 18.5. The highest BCUT2D eigenvalue weighted by Gasteiger charge is 2.69. The number of hydrogen-bond donors (Lipinski definition) is 0. The van der Waals surface area contributed by atoms with Crippen LogP contribution in [0.15, 0.2) is 95.2 Å². The highest BCUT2D eigenvalue weighted by Crippen LogP contribution is 2.62. The maximum Gasteiger partial charge on any atom is 0.318 e. The maximum atomic E-state index is 6.63. The van der Waals surface area contributed by atoms with Crippen LogP contribution in [0.5, 0.6) is 11.5 Å². The van der Waals surface area contributed by atoms with E-state index in [4.69, 9.17) is 9.72 Å². The Morgan fingerprint density at radius 3 is 2.76 bits per heavy atom. The lowest BCUT2D eigenvalue weighted by atomic mass is 10.1. The van der Waals surface area contributed by atoms with Gasteiger partial charge in [-0.3, -0.25) is 0 Å². The Hall–Kier alpha value is -4.20. The van der Waals surface area contributed by atoms with Gasteiger partial charge in [-0.25, -0.2) is 4.57 Å². The Morgan fingerprint density at radius 2 is 1.76 bits per heavy atom. The number of benzene rings is 3. The fraction of sp³-hybridized carbons (Fsp3) is 0. The van der Waals surface area contributed by atoms with E-state index in [2.05, 4.69) is 86.8 Å². The van der Waals surface area contributed by atoms with E-state index < -0.39 is 0 Å². The normalized spacial score (nSPS) is 18.8. The Labute approximate surface area is 197 Å². The van der Waals surface area contributed by atoms with E-state index in [1.54, 1.807) is 0 Å². The first-order valence-corrected chi connectivity index (χ1v) is 12.1. The molecule has 7 heterocycles. The molecule has 0 radical (unpaired) electrons. The molecule has 156 valence electrons. The molecule has 0 amide bonds. The Kier molecular flexibility index (Phi) is 2.41. The molecule has 34 heavy (non-hydrogen) atoms. The number of hydrogen-bond acceptors (Lipinski definition) is 3. The highest BCUT2D eigenvalue weighted by molar-refractivity contribution is 7.99. The molecule has 0 aliphatic carbocycles. The molecule has 1 spiro atoms. The zero-order chi connectivity index (χ0) is 21.8. The summed E-state index contributed by atoms with van der Waals surface area (Å²) in [5, 5.41) is 2.39. The van der Waals surface area contributed by atoms with Crippen LogP contribution in [0.25, 0.3) is 38.9 Å². The van der Waals surface area contributed by atoms with E-state index in [0.29, 0.717) is 4.70 Å². The van der Waals surface area contributed by atoms with E-state index in [0.717, 1.165) is 39.6 Å². The first-order chi connectivity index (χ1) is 16.9. The molecule has 0 fully saturated rings. The summed E-state index contributed by atoms with van der Waals surface area (Å²) in [6.07, 6.45) is 6.17. The third-order valence-electron chi connectivity index (χ3n) is 7.66. The lowest BCUT2D eigenvalue weighted by Gasteiger charge is -2.34. The van der Waals surface area contributed by atoms with Gasteiger partial charge in [0, 0.05) is 26.9 Å². The van der Waals surface area contributed by atoms with Gasteiger partial charge in [0.1, 0.15) is 22.0 Å². The topological polar surface area (TPSA) is 34.8 Å². The van der Waals surface area contributed by atoms with E-state index in [1.807, 2.05) is 24.3 Å². The van der Waals surface area contributed by atoms with Crippen molar-refractivity contribution < 1.29 is 14.1 Å². The van der Waals surface area contributed by atoms with Crippen molar-refractivity contribution in [3.63, 3.8) is 0 Å². The molecule has 0 saturated heterocycles. The molecule has 3 aromatic carbocycles. The van der Waals surface area contributed by atoms with Crippen LogP contribution in [0.1, 0.15) is 0 Å². The van der Waals surface area contributed by atoms with Gasteiger partial charge in [0.25, 0.3) is 17.7 Å². The number of nitrogens with zero attached hydrogens (tertiary/aromatic N) is 5. The molecule has 4 aliphatic rings. The van der Waals surface area contributed by atoms with Crippen LogP contribution in [-0.2, 0) is 0 Å². The summed E-state index contributed by atoms with van der Waals surface area (Å²) in [6, 6.07) is 23.7. The lowest BCUT2D eigenvalue weighted by Crippen LogP contribution is -2.84. The fourth-order valence-electron chi connectivity index (χ4n) is 6.55. The number of fused-ring (bicyclic) bond motifs is 3. The highest BCUT2D eigenvalue weighted by atomic mass is 32.2. The van der Waals surface area contributed by atoms with Gasteiger partial charge in [0.15, 0.2) is 11.4 Å². The zero-order valence-electron chi connectivity index (χ0n) is 17.6. The second-order valence-electron chi connectivity index (χ2n) is 9.11. The summed E-state index contributed by atoms with van der Waals surface area (Å²) in [4.78, 5) is 7.30. The van der Waals surface area contributed by atoms with Crippen LogP contribution in [0.3, 0.4) is 0 Å². The molecule has 0 saturated carbocycles. The van der Waals surface area contributed by atoms with E-state index >= 15 is 0 Å². The first-order valence-electron chi connectivity index (χ1n) is 11.3. The van der Waals surface area contributed by atoms with E-state index in [-0.39, 0.29) is 0 Å². The summed E-state index contributed by atoms with van der Waals surface area (Å²) in [7, 11) is 0. The monoisotopic (exact) mass is 456 g/mol. The van der Waals surface area contributed by atoms with Crippen LogP contribution in [0.4, 0.5) is 11.4 Å². The first kappa shape index (κ1) is 16.4. The predicted molar refractivity (Wildman–Crippen MR) is 127 cm³/mol. The molecular formula is C27H14N5OS+3. The van der Waals surface area contributed by atoms with Crippen molar-refractivity contribution in [1.82, 2.24) is 14.3 Å². The van der Waals surface area contributed by atoms with Gasteiger partial charge in [0.05, 0.1) is 15.2 Å². The van der Waals surface area contributed by atoms with Gasteiger partial charge in [-0.1, -0.05) is 30.0 Å². The summed E-state index contributed by atoms with van der Waals surface area (Å²) < 4.78 is 14.1. The summed E-state index contributed by atoms with van der Waals surface area (Å²) in [5.41, 5.74) is 8.19. The van der Waals surface area contributed by atoms with Gasteiger partial charge < -0.3 is 4.74 Å². The molecule has 10 rings (SSSR count). The Balaban J connectivity index is 1.59. The minimum atomic E-state index is 0.372. The SMILES string of the molecule is c1cc2c3c(c1)-c1cccc[n+]1[N+]31c3c(ccc4c3-n3c5c(cccc5c5cnc[n+]1c53)S4)O2. The molecule has 3 aromatic heterocycles. The summed E-state index contributed by atoms with van der Waals surface area (Å²) in [5.74, 6) is 1.76. The maximum absolute atomic E-state index is 6.63. The van der Waals surface area contributed by atoms with Crippen LogP contribution in [0.2, 0.25) is 0 Å². The van der Waals surface area contributed by atoms with Gasteiger partial charge in [0.2, 0.25) is 11.9 Å². The number of quaternary nitrogens is 1. The quantitative estimate of drug-likeness (QED) is 0.233. The smallest absolute Gasteiger partial charge is 0.318 e. The van der Waals surface area contributed by atoms with Crippen molar-refractivity contribution in [3.8, 4) is 28.4 Å². The molecule has 0 bridgehead atoms. The second-order valence-corrected chi connectivity index (χ2v) is 10.2. The Morgan fingerprint density at radius 1 is 0.824 bits per heavy atom. The van der Waals surface area contributed by atoms with E-state index in [9.17, 15) is 0 Å². The van der Waals surface area contributed by atoms with Crippen molar-refractivity contribution in [2.24, 2.45) is 0 Å². The van der Waals surface area contributed by atoms with Crippen molar-refractivity contribution in [1.29, 1.82) is 0 Å². The number of para-hydroxylation sites is 2. The molecular weight excluding hydrogens is 442 g/mol. The van der Waals surface area contributed by atoms with Crippen LogP contribution < -0.4 is 18.8 Å². The van der Waals surface area contributed by atoms with Crippen molar-refractivity contribution >= 4 is 45.1 Å². The average Bonchev–Trinajstić information content (AvgIpc) is 3.38. The lowest BCUT2D eigenvalue weighted by molar-refractivity contribution is -1.02. The molecule has 0 N–H and O–H groups in total. The van der Waals surface area contributed by atoms with Crippen molar-refractivity contribution in [2.45, 2.75) is 9.79 Å². The molecule has 1 unspecified atom stereocenters. The second kappa shape index (κ2) is 4.99. The molecule has 1 atom stereocenters. The number of pyridine rings is 1. The van der Waals surface area contributed by atoms with E-state index in [1.165, 1.54) is 31.9 Å². The van der Waals surface area contributed by atoms with Crippen molar-refractivity contribution in [2.75, 3.05) is 0 Å². The van der Waals surface area contributed by atoms with Crippen molar-refractivity contribution in [3.05, 3.63) is 85.5 Å². The van der Waals surface area contributed by atoms with Crippen LogP contribution in [-0.4, -0.2) is 9.55 Å². The van der Waals surface area contributed by atoms with Crippen LogP contribution >= 0.6 is 11.8 Å². The Bertz CT molecular complexity index is 1990. The van der Waals surface area contributed by atoms with Crippen LogP contribution in [0, 0.1) is 0 Å². The molecule has 6 aromatic rings. The minimum absolute atomic E-state index is 0.372. The minimum Gasteiger partial charge on any atom is -0.444 e. The third-order valence-corrected chi connectivity index (χ3v) is 8.76. The number of ether oxygens (including phenoxy) is 1. The van der Waals surface area contributed by atoms with Gasteiger partial charge in [-0.05, 0) is 36.4 Å². The summed E-state index contributed by atoms with van der Waals surface area (Å²) in [6.45, 7) is 0.